The van der Waals surface area contributed by atoms with Crippen molar-refractivity contribution < 1.29 is 4.74 Å². The van der Waals surface area contributed by atoms with Crippen LogP contribution in [0.25, 0.3) is 0 Å². The largest absolute Gasteiger partial charge is 0.381 e. The average Bonchev–Trinajstić information content (AvgIpc) is 2.21. The van der Waals surface area contributed by atoms with Crippen LogP contribution in [-0.4, -0.2) is 38.3 Å². The van der Waals surface area contributed by atoms with E-state index in [1.807, 2.05) is 0 Å². The maximum absolute atomic E-state index is 5.49. The van der Waals surface area contributed by atoms with E-state index in [0.717, 1.165) is 19.8 Å². The fourth-order valence-corrected chi connectivity index (χ4v) is 1.27. The van der Waals surface area contributed by atoms with Crippen LogP contribution in [0, 0.1) is 0 Å². The van der Waals surface area contributed by atoms with Gasteiger partial charge < -0.3 is 9.64 Å². The molecule has 0 atom stereocenters. The number of hydrogen-bond acceptors (Lipinski definition) is 2. The van der Waals surface area contributed by atoms with Gasteiger partial charge in [-0.15, -0.1) is 0 Å². The molecule has 0 rings (SSSR count). The van der Waals surface area contributed by atoms with E-state index in [-0.39, 0.29) is 0 Å². The van der Waals surface area contributed by atoms with Crippen molar-refractivity contribution in [1.82, 2.24) is 4.90 Å². The zero-order valence-electron chi connectivity index (χ0n) is 10.2. The summed E-state index contributed by atoms with van der Waals surface area (Å²) in [5.41, 5.74) is 0. The minimum atomic E-state index is 0.950. The molecule has 2 heteroatoms. The first-order valence-corrected chi connectivity index (χ1v) is 6.07. The molecule has 0 aliphatic heterocycles. The summed E-state index contributed by atoms with van der Waals surface area (Å²) in [4.78, 5) is 2.36. The Bertz CT molecular complexity index is 106. The van der Waals surface area contributed by atoms with Gasteiger partial charge in [-0.1, -0.05) is 20.3 Å². The molecule has 0 aromatic heterocycles. The highest BCUT2D eigenvalue weighted by molar-refractivity contribution is 4.48. The predicted octanol–water partition coefficient (Wildman–Crippen LogP) is 2.93. The van der Waals surface area contributed by atoms with Crippen molar-refractivity contribution in [2.24, 2.45) is 0 Å². The molecule has 0 N–H and O–H groups in total. The summed E-state index contributed by atoms with van der Waals surface area (Å²) in [6.07, 6.45) is 6.28. The fourth-order valence-electron chi connectivity index (χ4n) is 1.27. The summed E-state index contributed by atoms with van der Waals surface area (Å²) in [6, 6.07) is 0. The van der Waals surface area contributed by atoms with E-state index in [0.29, 0.717) is 0 Å². The maximum Gasteiger partial charge on any atom is 0.0466 e. The van der Waals surface area contributed by atoms with Crippen LogP contribution in [0.3, 0.4) is 0 Å². The lowest BCUT2D eigenvalue weighted by Gasteiger charge is -2.12. The van der Waals surface area contributed by atoms with Gasteiger partial charge in [0.2, 0.25) is 0 Å². The fraction of sp³-hybridized carbons (Fsp3) is 1.00. The lowest BCUT2D eigenvalue weighted by molar-refractivity contribution is 0.126. The van der Waals surface area contributed by atoms with Gasteiger partial charge >= 0.3 is 0 Å². The van der Waals surface area contributed by atoms with Gasteiger partial charge in [0.15, 0.2) is 0 Å². The Morgan fingerprint density at radius 3 is 2.29 bits per heavy atom. The topological polar surface area (TPSA) is 12.5 Å². The van der Waals surface area contributed by atoms with Crippen molar-refractivity contribution in [2.45, 2.75) is 46.0 Å². The van der Waals surface area contributed by atoms with Crippen molar-refractivity contribution in [3.8, 4) is 0 Å². The first kappa shape index (κ1) is 13.9. The highest BCUT2D eigenvalue weighted by Crippen LogP contribution is 1.98. The first-order valence-electron chi connectivity index (χ1n) is 6.07. The van der Waals surface area contributed by atoms with Gasteiger partial charge in [0.1, 0.15) is 0 Å². The van der Waals surface area contributed by atoms with Crippen molar-refractivity contribution in [3.63, 3.8) is 0 Å². The molecule has 0 radical (unpaired) electrons. The monoisotopic (exact) mass is 201 g/mol. The zero-order valence-corrected chi connectivity index (χ0v) is 10.2. The Morgan fingerprint density at radius 1 is 0.929 bits per heavy atom. The van der Waals surface area contributed by atoms with Crippen LogP contribution in [0.15, 0.2) is 0 Å². The molecule has 0 heterocycles. The molecular formula is C12H27NO. The van der Waals surface area contributed by atoms with E-state index in [9.17, 15) is 0 Å². The van der Waals surface area contributed by atoms with Gasteiger partial charge in [-0.2, -0.15) is 0 Å². The second-order valence-electron chi connectivity index (χ2n) is 3.92. The highest BCUT2D eigenvalue weighted by atomic mass is 16.5. The summed E-state index contributed by atoms with van der Waals surface area (Å²) in [6.45, 7) is 8.69. The third-order valence-electron chi connectivity index (χ3n) is 2.51. The van der Waals surface area contributed by atoms with Gasteiger partial charge in [-0.25, -0.2) is 0 Å². The standard InChI is InChI=1S/C12H27NO/c1-4-6-11-14-12-9-7-8-10-13(3)5-2/h4-12H2,1-3H3. The molecule has 0 aromatic carbocycles. The summed E-state index contributed by atoms with van der Waals surface area (Å²) in [5, 5.41) is 0. The summed E-state index contributed by atoms with van der Waals surface area (Å²) < 4.78 is 5.49. The Labute approximate surface area is 89.6 Å². The Kier molecular flexibility index (Phi) is 10.9. The lowest BCUT2D eigenvalue weighted by atomic mass is 10.2. The molecule has 2 nitrogen and oxygen atoms in total. The summed E-state index contributed by atoms with van der Waals surface area (Å²) in [5.74, 6) is 0. The molecule has 14 heavy (non-hydrogen) atoms. The quantitative estimate of drug-likeness (QED) is 0.504. The van der Waals surface area contributed by atoms with E-state index in [1.165, 1.54) is 38.6 Å². The molecule has 0 fully saturated rings. The van der Waals surface area contributed by atoms with Gasteiger partial charge in [0, 0.05) is 13.2 Å². The molecule has 0 aliphatic carbocycles. The van der Waals surface area contributed by atoms with Crippen molar-refractivity contribution >= 4 is 0 Å². The van der Waals surface area contributed by atoms with Crippen LogP contribution in [0.1, 0.15) is 46.0 Å². The van der Waals surface area contributed by atoms with Crippen molar-refractivity contribution in [1.29, 1.82) is 0 Å². The van der Waals surface area contributed by atoms with Gasteiger partial charge in [-0.3, -0.25) is 0 Å². The molecule has 86 valence electrons. The number of rotatable bonds is 10. The zero-order chi connectivity index (χ0) is 10.6. The van der Waals surface area contributed by atoms with Crippen LogP contribution in [0.5, 0.6) is 0 Å². The molecule has 0 amide bonds. The molecular weight excluding hydrogens is 174 g/mol. The van der Waals surface area contributed by atoms with Crippen molar-refractivity contribution in [2.75, 3.05) is 33.4 Å². The minimum Gasteiger partial charge on any atom is -0.381 e. The molecule has 0 aromatic rings. The van der Waals surface area contributed by atoms with Gasteiger partial charge in [0.05, 0.1) is 0 Å². The van der Waals surface area contributed by atoms with E-state index < -0.39 is 0 Å². The minimum absolute atomic E-state index is 0.950. The van der Waals surface area contributed by atoms with Crippen LogP contribution < -0.4 is 0 Å². The number of nitrogens with zero attached hydrogens (tertiary/aromatic N) is 1. The normalized spacial score (nSPS) is 11.1. The van der Waals surface area contributed by atoms with Gasteiger partial charge in [-0.05, 0) is 45.8 Å². The third kappa shape index (κ3) is 10.0. The second kappa shape index (κ2) is 11.0. The van der Waals surface area contributed by atoms with Crippen LogP contribution in [-0.2, 0) is 4.74 Å². The number of ether oxygens (including phenoxy) is 1. The number of unbranched alkanes of at least 4 members (excludes halogenated alkanes) is 3. The van der Waals surface area contributed by atoms with Gasteiger partial charge in [0.25, 0.3) is 0 Å². The van der Waals surface area contributed by atoms with E-state index >= 15 is 0 Å². The third-order valence-corrected chi connectivity index (χ3v) is 2.51. The average molecular weight is 201 g/mol. The van der Waals surface area contributed by atoms with E-state index in [2.05, 4.69) is 25.8 Å². The first-order chi connectivity index (χ1) is 6.81. The van der Waals surface area contributed by atoms with E-state index in [4.69, 9.17) is 4.74 Å². The molecule has 0 spiro atoms. The molecule has 0 bridgehead atoms. The highest BCUT2D eigenvalue weighted by Gasteiger charge is 1.94. The predicted molar refractivity (Wildman–Crippen MR) is 62.7 cm³/mol. The van der Waals surface area contributed by atoms with E-state index in [1.54, 1.807) is 0 Å². The molecule has 0 saturated carbocycles. The summed E-state index contributed by atoms with van der Waals surface area (Å²) in [7, 11) is 2.18. The number of hydrogen-bond donors (Lipinski definition) is 0. The van der Waals surface area contributed by atoms with Crippen LogP contribution in [0.2, 0.25) is 0 Å². The lowest BCUT2D eigenvalue weighted by Crippen LogP contribution is -2.18. The smallest absolute Gasteiger partial charge is 0.0466 e. The maximum atomic E-state index is 5.49. The molecule has 0 unspecified atom stereocenters. The molecule has 0 aliphatic rings. The van der Waals surface area contributed by atoms with Crippen LogP contribution in [0.4, 0.5) is 0 Å². The van der Waals surface area contributed by atoms with Crippen LogP contribution >= 0.6 is 0 Å². The molecule has 0 saturated heterocycles. The summed E-state index contributed by atoms with van der Waals surface area (Å²) >= 11 is 0. The Morgan fingerprint density at radius 2 is 1.64 bits per heavy atom. The Hall–Kier alpha value is -0.0800. The van der Waals surface area contributed by atoms with Crippen molar-refractivity contribution in [3.05, 3.63) is 0 Å². The second-order valence-corrected chi connectivity index (χ2v) is 3.92. The Balaban J connectivity index is 2.92. The SMILES string of the molecule is CCCCOCCCCCN(C)CC.